The van der Waals surface area contributed by atoms with E-state index in [1.807, 2.05) is 36.1 Å². The van der Waals surface area contributed by atoms with Crippen molar-refractivity contribution in [1.82, 2.24) is 9.80 Å². The van der Waals surface area contributed by atoms with E-state index in [1.165, 1.54) is 5.56 Å². The Bertz CT molecular complexity index is 432. The number of amides is 1. The molecule has 1 unspecified atom stereocenters. The van der Waals surface area contributed by atoms with Gasteiger partial charge < -0.3 is 10.6 Å². The van der Waals surface area contributed by atoms with Gasteiger partial charge in [0.05, 0.1) is 0 Å². The summed E-state index contributed by atoms with van der Waals surface area (Å²) in [6.07, 6.45) is 1.07. The molecule has 20 heavy (non-hydrogen) atoms. The molecule has 1 aromatic carbocycles. The van der Waals surface area contributed by atoms with E-state index in [1.54, 1.807) is 0 Å². The first-order chi connectivity index (χ1) is 9.65. The number of nitrogens with zero attached hydrogens (tertiary/aromatic N) is 2. The van der Waals surface area contributed by atoms with Gasteiger partial charge in [-0.2, -0.15) is 0 Å². The van der Waals surface area contributed by atoms with Gasteiger partial charge in [0.15, 0.2) is 0 Å². The lowest BCUT2D eigenvalue weighted by atomic mass is 10.1. The van der Waals surface area contributed by atoms with Crippen molar-refractivity contribution in [2.45, 2.75) is 26.3 Å². The Morgan fingerprint density at radius 2 is 1.80 bits per heavy atom. The maximum absolute atomic E-state index is 12.4. The maximum atomic E-state index is 12.4. The van der Waals surface area contributed by atoms with Crippen molar-refractivity contribution >= 4 is 5.91 Å². The molecule has 1 aliphatic rings. The summed E-state index contributed by atoms with van der Waals surface area (Å²) in [5.41, 5.74) is 7.76. The van der Waals surface area contributed by atoms with Crippen LogP contribution in [-0.4, -0.2) is 54.5 Å². The minimum atomic E-state index is 0.144. The lowest BCUT2D eigenvalue weighted by molar-refractivity contribution is 0.0571. The molecule has 1 heterocycles. The Hall–Kier alpha value is -1.39. The van der Waals surface area contributed by atoms with Crippen LogP contribution in [0.25, 0.3) is 0 Å². The molecule has 1 amide bonds. The van der Waals surface area contributed by atoms with Crippen LogP contribution >= 0.6 is 0 Å². The molecule has 1 atom stereocenters. The molecule has 0 spiro atoms. The van der Waals surface area contributed by atoms with Crippen molar-refractivity contribution in [3.8, 4) is 0 Å². The van der Waals surface area contributed by atoms with Crippen molar-refractivity contribution in [1.29, 1.82) is 0 Å². The standard InChI is InChI=1S/C16H25N3O/c1-3-15(12-17)18-8-10-19(11-9-18)16(20)14-6-4-13(2)5-7-14/h4-7,15H,3,8-12,17H2,1-2H3. The number of piperazine rings is 1. The highest BCUT2D eigenvalue weighted by molar-refractivity contribution is 5.94. The maximum Gasteiger partial charge on any atom is 0.253 e. The first-order valence-electron chi connectivity index (χ1n) is 7.45. The first-order valence-corrected chi connectivity index (χ1v) is 7.45. The number of carbonyl (C=O) groups is 1. The van der Waals surface area contributed by atoms with Crippen molar-refractivity contribution < 1.29 is 4.79 Å². The number of hydrogen-bond acceptors (Lipinski definition) is 3. The SMILES string of the molecule is CCC(CN)N1CCN(C(=O)c2ccc(C)cc2)CC1. The fraction of sp³-hybridized carbons (Fsp3) is 0.562. The van der Waals surface area contributed by atoms with Gasteiger partial charge in [-0.05, 0) is 25.5 Å². The number of aryl methyl sites for hydroxylation is 1. The van der Waals surface area contributed by atoms with Gasteiger partial charge in [-0.25, -0.2) is 0 Å². The Balaban J connectivity index is 1.93. The number of carbonyl (C=O) groups excluding carboxylic acids is 1. The van der Waals surface area contributed by atoms with Gasteiger partial charge in [-0.3, -0.25) is 9.69 Å². The zero-order chi connectivity index (χ0) is 14.5. The van der Waals surface area contributed by atoms with E-state index >= 15 is 0 Å². The predicted molar refractivity (Wildman–Crippen MR) is 81.8 cm³/mol. The van der Waals surface area contributed by atoms with E-state index in [0.29, 0.717) is 12.6 Å². The van der Waals surface area contributed by atoms with Crippen LogP contribution in [-0.2, 0) is 0 Å². The molecular weight excluding hydrogens is 250 g/mol. The molecule has 0 saturated carbocycles. The summed E-state index contributed by atoms with van der Waals surface area (Å²) in [5.74, 6) is 0.144. The van der Waals surface area contributed by atoms with Gasteiger partial charge in [-0.1, -0.05) is 24.6 Å². The largest absolute Gasteiger partial charge is 0.336 e. The molecular formula is C16H25N3O. The highest BCUT2D eigenvalue weighted by atomic mass is 16.2. The molecule has 2 rings (SSSR count). The van der Waals surface area contributed by atoms with E-state index in [2.05, 4.69) is 11.8 Å². The topological polar surface area (TPSA) is 49.6 Å². The van der Waals surface area contributed by atoms with Crippen LogP contribution < -0.4 is 5.73 Å². The second-order valence-corrected chi connectivity index (χ2v) is 5.49. The van der Waals surface area contributed by atoms with E-state index in [9.17, 15) is 4.79 Å². The van der Waals surface area contributed by atoms with Crippen LogP contribution in [0.4, 0.5) is 0 Å². The van der Waals surface area contributed by atoms with Gasteiger partial charge in [0.1, 0.15) is 0 Å². The van der Waals surface area contributed by atoms with Crippen LogP contribution in [0, 0.1) is 6.92 Å². The number of benzene rings is 1. The average Bonchev–Trinajstić information content (AvgIpc) is 2.49. The van der Waals surface area contributed by atoms with Crippen LogP contribution in [0.3, 0.4) is 0 Å². The summed E-state index contributed by atoms with van der Waals surface area (Å²) < 4.78 is 0. The van der Waals surface area contributed by atoms with E-state index in [0.717, 1.165) is 38.2 Å². The summed E-state index contributed by atoms with van der Waals surface area (Å²) in [6.45, 7) is 8.33. The molecule has 1 fully saturated rings. The lowest BCUT2D eigenvalue weighted by Crippen LogP contribution is -2.53. The van der Waals surface area contributed by atoms with Crippen molar-refractivity contribution in [3.63, 3.8) is 0 Å². The molecule has 0 aliphatic carbocycles. The van der Waals surface area contributed by atoms with Crippen molar-refractivity contribution in [2.24, 2.45) is 5.73 Å². The molecule has 1 saturated heterocycles. The van der Waals surface area contributed by atoms with Gasteiger partial charge in [0.25, 0.3) is 5.91 Å². The minimum Gasteiger partial charge on any atom is -0.336 e. The zero-order valence-corrected chi connectivity index (χ0v) is 12.5. The molecule has 0 bridgehead atoms. The molecule has 0 aromatic heterocycles. The average molecular weight is 275 g/mol. The molecule has 0 radical (unpaired) electrons. The zero-order valence-electron chi connectivity index (χ0n) is 12.5. The minimum absolute atomic E-state index is 0.144. The quantitative estimate of drug-likeness (QED) is 0.906. The summed E-state index contributed by atoms with van der Waals surface area (Å²) in [4.78, 5) is 16.8. The smallest absolute Gasteiger partial charge is 0.253 e. The summed E-state index contributed by atoms with van der Waals surface area (Å²) in [6, 6.07) is 8.26. The van der Waals surface area contributed by atoms with Crippen LogP contribution in [0.15, 0.2) is 24.3 Å². The molecule has 1 aromatic rings. The summed E-state index contributed by atoms with van der Waals surface area (Å²) >= 11 is 0. The van der Waals surface area contributed by atoms with Gasteiger partial charge >= 0.3 is 0 Å². The van der Waals surface area contributed by atoms with Crippen LogP contribution in [0.5, 0.6) is 0 Å². The highest BCUT2D eigenvalue weighted by Gasteiger charge is 2.25. The van der Waals surface area contributed by atoms with E-state index in [-0.39, 0.29) is 5.91 Å². The van der Waals surface area contributed by atoms with Gasteiger partial charge in [-0.15, -0.1) is 0 Å². The van der Waals surface area contributed by atoms with Crippen molar-refractivity contribution in [3.05, 3.63) is 35.4 Å². The third-order valence-corrected chi connectivity index (χ3v) is 4.16. The number of hydrogen-bond donors (Lipinski definition) is 1. The second-order valence-electron chi connectivity index (χ2n) is 5.49. The molecule has 110 valence electrons. The first kappa shape index (κ1) is 15.0. The Morgan fingerprint density at radius 1 is 1.20 bits per heavy atom. The highest BCUT2D eigenvalue weighted by Crippen LogP contribution is 2.12. The lowest BCUT2D eigenvalue weighted by Gasteiger charge is -2.38. The van der Waals surface area contributed by atoms with Gasteiger partial charge in [0.2, 0.25) is 0 Å². The normalized spacial score (nSPS) is 18.1. The fourth-order valence-corrected chi connectivity index (χ4v) is 2.74. The van der Waals surface area contributed by atoms with Crippen LogP contribution in [0.1, 0.15) is 29.3 Å². The number of nitrogens with two attached hydrogens (primary N) is 1. The fourth-order valence-electron chi connectivity index (χ4n) is 2.74. The molecule has 4 nitrogen and oxygen atoms in total. The number of rotatable bonds is 4. The molecule has 4 heteroatoms. The van der Waals surface area contributed by atoms with Gasteiger partial charge in [0, 0.05) is 44.3 Å². The summed E-state index contributed by atoms with van der Waals surface area (Å²) in [7, 11) is 0. The summed E-state index contributed by atoms with van der Waals surface area (Å²) in [5, 5.41) is 0. The van der Waals surface area contributed by atoms with Crippen molar-refractivity contribution in [2.75, 3.05) is 32.7 Å². The predicted octanol–water partition coefficient (Wildman–Crippen LogP) is 1.49. The third kappa shape index (κ3) is 3.38. The third-order valence-electron chi connectivity index (χ3n) is 4.16. The van der Waals surface area contributed by atoms with E-state index in [4.69, 9.17) is 5.73 Å². The molecule has 1 aliphatic heterocycles. The Morgan fingerprint density at radius 3 is 2.30 bits per heavy atom. The molecule has 2 N–H and O–H groups in total. The monoisotopic (exact) mass is 275 g/mol. The van der Waals surface area contributed by atoms with Crippen LogP contribution in [0.2, 0.25) is 0 Å². The van der Waals surface area contributed by atoms with E-state index < -0.39 is 0 Å². The Kier molecular flexibility index (Phi) is 5.15. The Labute approximate surface area is 121 Å². The second kappa shape index (κ2) is 6.86.